The van der Waals surface area contributed by atoms with Gasteiger partial charge in [0, 0.05) is 17.8 Å². The van der Waals surface area contributed by atoms with E-state index in [1.165, 1.54) is 0 Å². The molecule has 80 valence electrons. The minimum absolute atomic E-state index is 0.501. The highest BCUT2D eigenvalue weighted by molar-refractivity contribution is 5.90. The number of carboxylic acid groups (broad SMARTS) is 1. The highest BCUT2D eigenvalue weighted by atomic mass is 19.3. The zero-order valence-corrected chi connectivity index (χ0v) is 7.05. The summed E-state index contributed by atoms with van der Waals surface area (Å²) < 4.78 is 24.3. The quantitative estimate of drug-likeness (QED) is 0.614. The number of pyridine rings is 1. The third kappa shape index (κ3) is 2.22. The summed E-state index contributed by atoms with van der Waals surface area (Å²) in [6.07, 6.45) is -2.33. The third-order valence-corrected chi connectivity index (χ3v) is 1.54. The van der Waals surface area contributed by atoms with Crippen LogP contribution in [0.15, 0.2) is 12.3 Å². The van der Waals surface area contributed by atoms with Crippen molar-refractivity contribution in [3.05, 3.63) is 33.6 Å². The van der Waals surface area contributed by atoms with Crippen LogP contribution in [-0.2, 0) is 0 Å². The van der Waals surface area contributed by atoms with Crippen molar-refractivity contribution in [1.29, 1.82) is 0 Å². The van der Waals surface area contributed by atoms with Crippen LogP contribution in [-0.4, -0.2) is 21.0 Å². The van der Waals surface area contributed by atoms with E-state index in [-0.39, 0.29) is 0 Å². The van der Waals surface area contributed by atoms with Crippen LogP contribution < -0.4 is 0 Å². The first-order valence-corrected chi connectivity index (χ1v) is 3.59. The predicted octanol–water partition coefficient (Wildman–Crippen LogP) is 1.63. The zero-order valence-electron chi connectivity index (χ0n) is 7.05. The van der Waals surface area contributed by atoms with Crippen LogP contribution in [0.4, 0.5) is 14.5 Å². The second-order valence-electron chi connectivity index (χ2n) is 2.50. The Hall–Kier alpha value is -2.12. The Balaban J connectivity index is 3.33. The van der Waals surface area contributed by atoms with Crippen molar-refractivity contribution in [2.24, 2.45) is 0 Å². The molecule has 0 spiro atoms. The van der Waals surface area contributed by atoms with Crippen molar-refractivity contribution in [3.8, 4) is 0 Å². The maximum atomic E-state index is 12.1. The van der Waals surface area contributed by atoms with E-state index in [9.17, 15) is 23.7 Å². The number of nitrogens with zero attached hydrogens (tertiary/aromatic N) is 2. The number of hydrogen-bond donors (Lipinski definition) is 1. The van der Waals surface area contributed by atoms with E-state index in [4.69, 9.17) is 5.11 Å². The monoisotopic (exact) mass is 218 g/mol. The molecular weight excluding hydrogens is 214 g/mol. The standard InChI is InChI=1S/C7H4F2N2O4/c8-6(9)3-1-4(11(14)15)5(7(12)13)10-2-3/h1-2,6H,(H,12,13). The van der Waals surface area contributed by atoms with Crippen LogP contribution in [0.5, 0.6) is 0 Å². The Morgan fingerprint density at radius 3 is 2.60 bits per heavy atom. The average molecular weight is 218 g/mol. The number of aromatic nitrogens is 1. The molecule has 0 aliphatic heterocycles. The van der Waals surface area contributed by atoms with Gasteiger partial charge in [-0.3, -0.25) is 10.1 Å². The Kier molecular flexibility index (Phi) is 2.88. The maximum absolute atomic E-state index is 12.1. The van der Waals surface area contributed by atoms with Crippen LogP contribution in [0.3, 0.4) is 0 Å². The molecule has 1 aromatic rings. The van der Waals surface area contributed by atoms with Crippen LogP contribution in [0.1, 0.15) is 22.5 Å². The van der Waals surface area contributed by atoms with Gasteiger partial charge in [-0.25, -0.2) is 18.6 Å². The topological polar surface area (TPSA) is 93.3 Å². The molecule has 1 N–H and O–H groups in total. The Bertz CT molecular complexity index is 421. The molecule has 1 heterocycles. The number of alkyl halides is 2. The van der Waals surface area contributed by atoms with Gasteiger partial charge in [0.25, 0.3) is 6.43 Å². The first kappa shape index (κ1) is 11.0. The first-order chi connectivity index (χ1) is 6.93. The van der Waals surface area contributed by atoms with Gasteiger partial charge in [0.15, 0.2) is 0 Å². The number of aromatic carboxylic acids is 1. The lowest BCUT2D eigenvalue weighted by Crippen LogP contribution is -2.06. The molecule has 6 nitrogen and oxygen atoms in total. The van der Waals surface area contributed by atoms with Gasteiger partial charge in [-0.2, -0.15) is 0 Å². The summed E-state index contributed by atoms with van der Waals surface area (Å²) in [6, 6.07) is 0.501. The molecule has 0 aliphatic rings. The van der Waals surface area contributed by atoms with Crippen LogP contribution >= 0.6 is 0 Å². The van der Waals surface area contributed by atoms with Gasteiger partial charge < -0.3 is 5.11 Å². The van der Waals surface area contributed by atoms with Crippen molar-refractivity contribution >= 4 is 11.7 Å². The summed E-state index contributed by atoms with van der Waals surface area (Å²) in [5.41, 5.74) is -2.49. The minimum atomic E-state index is -2.93. The lowest BCUT2D eigenvalue weighted by molar-refractivity contribution is -0.385. The summed E-state index contributed by atoms with van der Waals surface area (Å²) in [7, 11) is 0. The molecule has 0 bridgehead atoms. The predicted molar refractivity (Wildman–Crippen MR) is 42.8 cm³/mol. The van der Waals surface area contributed by atoms with E-state index < -0.39 is 34.3 Å². The molecule has 0 atom stereocenters. The van der Waals surface area contributed by atoms with E-state index >= 15 is 0 Å². The Morgan fingerprint density at radius 1 is 1.60 bits per heavy atom. The molecule has 0 amide bonds. The van der Waals surface area contributed by atoms with E-state index in [1.54, 1.807) is 0 Å². The van der Waals surface area contributed by atoms with E-state index in [2.05, 4.69) is 4.98 Å². The number of carbonyl (C=O) groups is 1. The summed E-state index contributed by atoms with van der Waals surface area (Å²) in [6.45, 7) is 0. The molecule has 0 saturated carbocycles. The van der Waals surface area contributed by atoms with E-state index in [1.807, 2.05) is 0 Å². The molecule has 15 heavy (non-hydrogen) atoms. The smallest absolute Gasteiger partial charge is 0.361 e. The van der Waals surface area contributed by atoms with Crippen molar-refractivity contribution in [2.45, 2.75) is 6.43 Å². The lowest BCUT2D eigenvalue weighted by atomic mass is 10.2. The highest BCUT2D eigenvalue weighted by Crippen LogP contribution is 2.24. The van der Waals surface area contributed by atoms with Crippen molar-refractivity contribution in [3.63, 3.8) is 0 Å². The number of hydrogen-bond acceptors (Lipinski definition) is 4. The first-order valence-electron chi connectivity index (χ1n) is 3.59. The highest BCUT2D eigenvalue weighted by Gasteiger charge is 2.24. The van der Waals surface area contributed by atoms with Crippen molar-refractivity contribution < 1.29 is 23.6 Å². The average Bonchev–Trinajstić information content (AvgIpc) is 2.16. The molecule has 0 saturated heterocycles. The fourth-order valence-electron chi connectivity index (χ4n) is 0.892. The molecule has 0 fully saturated rings. The second-order valence-corrected chi connectivity index (χ2v) is 2.50. The van der Waals surface area contributed by atoms with E-state index in [0.29, 0.717) is 12.3 Å². The van der Waals surface area contributed by atoms with E-state index in [0.717, 1.165) is 0 Å². The summed E-state index contributed by atoms with van der Waals surface area (Å²) in [5, 5.41) is 18.8. The summed E-state index contributed by atoms with van der Waals surface area (Å²) in [5.74, 6) is -1.64. The Morgan fingerprint density at radius 2 is 2.20 bits per heavy atom. The van der Waals surface area contributed by atoms with Gasteiger partial charge in [0.1, 0.15) is 0 Å². The van der Waals surface area contributed by atoms with Gasteiger partial charge in [-0.05, 0) is 0 Å². The van der Waals surface area contributed by atoms with Crippen LogP contribution in [0.2, 0.25) is 0 Å². The number of nitro groups is 1. The van der Waals surface area contributed by atoms with Gasteiger partial charge in [-0.1, -0.05) is 0 Å². The second kappa shape index (κ2) is 3.95. The molecule has 1 aromatic heterocycles. The van der Waals surface area contributed by atoms with Crippen LogP contribution in [0.25, 0.3) is 0 Å². The van der Waals surface area contributed by atoms with Crippen molar-refractivity contribution in [2.75, 3.05) is 0 Å². The molecular formula is C7H4F2N2O4. The third-order valence-electron chi connectivity index (χ3n) is 1.54. The van der Waals surface area contributed by atoms with Gasteiger partial charge in [-0.15, -0.1) is 0 Å². The zero-order chi connectivity index (χ0) is 11.6. The van der Waals surface area contributed by atoms with Gasteiger partial charge >= 0.3 is 11.7 Å². The van der Waals surface area contributed by atoms with Crippen LogP contribution in [0, 0.1) is 10.1 Å². The number of halogens is 2. The largest absolute Gasteiger partial charge is 0.476 e. The molecule has 0 unspecified atom stereocenters. The molecule has 1 rings (SSSR count). The number of carboxylic acids is 1. The summed E-state index contributed by atoms with van der Waals surface area (Å²) >= 11 is 0. The van der Waals surface area contributed by atoms with Crippen molar-refractivity contribution in [1.82, 2.24) is 4.98 Å². The fraction of sp³-hybridized carbons (Fsp3) is 0.143. The SMILES string of the molecule is O=C(O)c1ncc(C(F)F)cc1[N+](=O)[O-]. The maximum Gasteiger partial charge on any atom is 0.361 e. The van der Waals surface area contributed by atoms with Gasteiger partial charge in [0.05, 0.1) is 4.92 Å². The lowest BCUT2D eigenvalue weighted by Gasteiger charge is -2.00. The molecule has 0 radical (unpaired) electrons. The molecule has 0 aliphatic carbocycles. The summed E-state index contributed by atoms with van der Waals surface area (Å²) in [4.78, 5) is 22.8. The molecule has 0 aromatic carbocycles. The Labute approximate surface area is 81.3 Å². The molecule has 8 heteroatoms. The minimum Gasteiger partial charge on any atom is -0.476 e. The number of rotatable bonds is 3. The fourth-order valence-corrected chi connectivity index (χ4v) is 0.892. The van der Waals surface area contributed by atoms with Gasteiger partial charge in [0.2, 0.25) is 5.69 Å². The normalized spacial score (nSPS) is 10.3.